The van der Waals surface area contributed by atoms with Crippen molar-refractivity contribution in [2.24, 2.45) is 5.92 Å². The lowest BCUT2D eigenvalue weighted by Crippen LogP contribution is -2.30. The second-order valence-electron chi connectivity index (χ2n) is 11.3. The number of aromatic nitrogens is 6. The van der Waals surface area contributed by atoms with Gasteiger partial charge in [-0.25, -0.2) is 29.7 Å². The minimum Gasteiger partial charge on any atom is -0.362 e. The Morgan fingerprint density at radius 2 is 1.88 bits per heavy atom. The van der Waals surface area contributed by atoms with Crippen LogP contribution in [0.1, 0.15) is 66.8 Å². The van der Waals surface area contributed by atoms with E-state index in [1.807, 2.05) is 36.6 Å². The number of pyridine rings is 1. The van der Waals surface area contributed by atoms with E-state index in [4.69, 9.17) is 4.98 Å². The molecular weight excluding hydrogens is 536 g/mol. The number of carbonyl (C=O) groups excluding carboxylic acids is 3. The number of hydrogen-bond acceptors (Lipinski definition) is 9. The van der Waals surface area contributed by atoms with Gasteiger partial charge < -0.3 is 15.0 Å². The molecule has 0 spiro atoms. The number of fused-ring (bicyclic) bond motifs is 1. The average Bonchev–Trinajstić information content (AvgIpc) is 3.90. The maximum Gasteiger partial charge on any atom is 0.331 e. The summed E-state index contributed by atoms with van der Waals surface area (Å²) in [4.78, 5) is 62.8. The van der Waals surface area contributed by atoms with Crippen molar-refractivity contribution < 1.29 is 14.4 Å². The zero-order valence-corrected chi connectivity index (χ0v) is 23.5. The van der Waals surface area contributed by atoms with E-state index < -0.39 is 0 Å². The summed E-state index contributed by atoms with van der Waals surface area (Å²) in [5.74, 6) is 1.52. The first-order chi connectivity index (χ1) is 20.2. The Hall–Kier alpha value is -4.94. The van der Waals surface area contributed by atoms with E-state index in [-0.39, 0.29) is 42.3 Å². The number of urea groups is 1. The molecule has 42 heavy (non-hydrogen) atoms. The predicted octanol–water partition coefficient (Wildman–Crippen LogP) is 3.41. The fourth-order valence-corrected chi connectivity index (χ4v) is 5.39. The topological polar surface area (TPSA) is 151 Å². The summed E-state index contributed by atoms with van der Waals surface area (Å²) in [6.45, 7) is 3.85. The maximum absolute atomic E-state index is 12.9. The predicted molar refractivity (Wildman–Crippen MR) is 153 cm³/mol. The molecule has 2 saturated carbocycles. The van der Waals surface area contributed by atoms with E-state index in [0.29, 0.717) is 41.1 Å². The first-order valence-electron chi connectivity index (χ1n) is 14.0. The van der Waals surface area contributed by atoms with Crippen LogP contribution in [0.2, 0.25) is 0 Å². The number of anilines is 3. The lowest BCUT2D eigenvalue weighted by Gasteiger charge is -2.17. The summed E-state index contributed by atoms with van der Waals surface area (Å²) in [6, 6.07) is 4.89. The molecule has 0 radical (unpaired) electrons. The number of imidazole rings is 1. The molecule has 7 rings (SSSR count). The van der Waals surface area contributed by atoms with Gasteiger partial charge in [-0.2, -0.15) is 0 Å². The van der Waals surface area contributed by atoms with E-state index in [1.165, 1.54) is 18.3 Å². The Kier molecular flexibility index (Phi) is 6.10. The van der Waals surface area contributed by atoms with Crippen molar-refractivity contribution in [3.8, 4) is 0 Å². The van der Waals surface area contributed by atoms with Crippen LogP contribution in [0, 0.1) is 12.8 Å². The number of rotatable bonds is 8. The molecule has 0 aromatic carbocycles. The zero-order valence-electron chi connectivity index (χ0n) is 23.5. The third-order valence-electron chi connectivity index (χ3n) is 8.10. The van der Waals surface area contributed by atoms with E-state index in [9.17, 15) is 14.4 Å². The van der Waals surface area contributed by atoms with Gasteiger partial charge in [-0.05, 0) is 56.7 Å². The van der Waals surface area contributed by atoms with Crippen molar-refractivity contribution >= 4 is 40.8 Å². The van der Waals surface area contributed by atoms with Crippen LogP contribution >= 0.6 is 0 Å². The van der Waals surface area contributed by atoms with Gasteiger partial charge in [0.1, 0.15) is 30.3 Å². The molecule has 1 aliphatic heterocycles. The van der Waals surface area contributed by atoms with Gasteiger partial charge in [0.25, 0.3) is 0 Å². The quantitative estimate of drug-likeness (QED) is 0.306. The third-order valence-corrected chi connectivity index (χ3v) is 8.10. The minimum absolute atomic E-state index is 0.00976. The lowest BCUT2D eigenvalue weighted by molar-refractivity contribution is -0.124. The summed E-state index contributed by atoms with van der Waals surface area (Å²) >= 11 is 0. The van der Waals surface area contributed by atoms with Crippen LogP contribution in [0.4, 0.5) is 22.1 Å². The average molecular weight is 567 g/mol. The highest BCUT2D eigenvalue weighted by Crippen LogP contribution is 2.46. The summed E-state index contributed by atoms with van der Waals surface area (Å²) in [7, 11) is 1.50. The molecular formula is C29H30N10O3. The molecule has 4 aromatic rings. The molecule has 4 amide bonds. The highest BCUT2D eigenvalue weighted by molar-refractivity contribution is 6.13. The van der Waals surface area contributed by atoms with Crippen molar-refractivity contribution in [2.75, 3.05) is 29.1 Å². The molecule has 13 heteroatoms. The Morgan fingerprint density at radius 1 is 1.07 bits per heavy atom. The van der Waals surface area contributed by atoms with Crippen molar-refractivity contribution in [2.45, 2.75) is 51.0 Å². The normalized spacial score (nSPS) is 20.7. The molecule has 2 aliphatic carbocycles. The van der Waals surface area contributed by atoms with E-state index in [0.717, 1.165) is 34.7 Å². The van der Waals surface area contributed by atoms with Crippen molar-refractivity contribution in [1.29, 1.82) is 0 Å². The first-order valence-corrected chi connectivity index (χ1v) is 14.0. The highest BCUT2D eigenvalue weighted by atomic mass is 16.2. The molecule has 3 aliphatic rings. The van der Waals surface area contributed by atoms with Crippen LogP contribution in [-0.2, 0) is 9.59 Å². The van der Waals surface area contributed by atoms with Gasteiger partial charge in [0, 0.05) is 49.2 Å². The number of likely N-dealkylation sites (N-methyl/N-ethyl adjacent to an activating group) is 1. The second kappa shape index (κ2) is 9.86. The van der Waals surface area contributed by atoms with Crippen molar-refractivity contribution in [3.63, 3.8) is 0 Å². The lowest BCUT2D eigenvalue weighted by atomic mass is 10.1. The Balaban J connectivity index is 1.08. The Labute approximate surface area is 241 Å². The summed E-state index contributed by atoms with van der Waals surface area (Å²) in [5, 5.41) is 6.23. The van der Waals surface area contributed by atoms with Gasteiger partial charge >= 0.3 is 6.03 Å². The van der Waals surface area contributed by atoms with Crippen LogP contribution in [0.3, 0.4) is 0 Å². The summed E-state index contributed by atoms with van der Waals surface area (Å²) in [6.07, 6.45) is 10.0. The van der Waals surface area contributed by atoms with Gasteiger partial charge in [-0.15, -0.1) is 0 Å². The van der Waals surface area contributed by atoms with Crippen LogP contribution in [0.15, 0.2) is 43.1 Å². The number of nitrogens with zero attached hydrogens (tertiary/aromatic N) is 8. The maximum atomic E-state index is 12.9. The molecule has 2 N–H and O–H groups in total. The molecule has 3 atom stereocenters. The van der Waals surface area contributed by atoms with Crippen LogP contribution in [-0.4, -0.2) is 65.7 Å². The fraction of sp³-hybridized carbons (Fsp3) is 0.379. The number of carbonyl (C=O) groups is 3. The number of aryl methyl sites for hydroxylation is 1. The molecule has 5 heterocycles. The molecule has 13 nitrogen and oxygen atoms in total. The number of imide groups is 1. The first kappa shape index (κ1) is 26.0. The van der Waals surface area contributed by atoms with Gasteiger partial charge in [0.2, 0.25) is 11.8 Å². The number of amides is 4. The highest BCUT2D eigenvalue weighted by Gasteiger charge is 2.46. The molecule has 1 saturated heterocycles. The van der Waals surface area contributed by atoms with Gasteiger partial charge in [-0.3, -0.25) is 19.4 Å². The molecule has 0 bridgehead atoms. The largest absolute Gasteiger partial charge is 0.362 e. The fourth-order valence-electron chi connectivity index (χ4n) is 5.39. The number of nitrogens with one attached hydrogen (secondary N) is 2. The summed E-state index contributed by atoms with van der Waals surface area (Å²) in [5.41, 5.74) is 3.97. The number of hydrogen-bond donors (Lipinski definition) is 2. The third kappa shape index (κ3) is 4.80. The molecule has 0 unspecified atom stereocenters. The standard InChI is InChI=1S/C29H30N10O3/c1-15-6-7-30-26(33-15)19-9-20(19)28(41)36-24-10-23(31-14-32-24)34-16(2)21-12-38-11-18(17-4-5-17)8-22(27(38)35-21)39-13-25(40)37(3)29(39)42/h6-8,10-12,14,16-17,19-20H,4-5,9,13H2,1-3H3,(H2,31,32,34,36,41)/t16-,19-,20-/m1/s1. The monoisotopic (exact) mass is 566 g/mol. The van der Waals surface area contributed by atoms with Crippen molar-refractivity contribution in [1.82, 2.24) is 34.2 Å². The van der Waals surface area contributed by atoms with E-state index >= 15 is 0 Å². The van der Waals surface area contributed by atoms with Gasteiger partial charge in [-0.1, -0.05) is 0 Å². The van der Waals surface area contributed by atoms with E-state index in [1.54, 1.807) is 12.3 Å². The molecule has 4 aromatic heterocycles. The second-order valence-corrected chi connectivity index (χ2v) is 11.3. The minimum atomic E-state index is -0.356. The smallest absolute Gasteiger partial charge is 0.331 e. The van der Waals surface area contributed by atoms with Crippen LogP contribution in [0.5, 0.6) is 0 Å². The van der Waals surface area contributed by atoms with Crippen LogP contribution < -0.4 is 15.5 Å². The van der Waals surface area contributed by atoms with Crippen molar-refractivity contribution in [3.05, 3.63) is 65.9 Å². The zero-order chi connectivity index (χ0) is 29.1. The Morgan fingerprint density at radius 3 is 2.62 bits per heavy atom. The Bertz CT molecular complexity index is 1750. The summed E-state index contributed by atoms with van der Waals surface area (Å²) < 4.78 is 1.93. The molecule has 3 fully saturated rings. The van der Waals surface area contributed by atoms with Gasteiger partial charge in [0.15, 0.2) is 5.65 Å². The van der Waals surface area contributed by atoms with Gasteiger partial charge in [0.05, 0.1) is 17.4 Å². The SMILES string of the molecule is Cc1ccnc([C@@H]2C[C@H]2C(=O)Nc2cc(N[C@H](C)c3cn4cc(C5CC5)cc(N5CC(=O)N(C)C5=O)c4n3)ncn2)n1. The molecule has 214 valence electrons. The van der Waals surface area contributed by atoms with E-state index in [2.05, 4.69) is 36.8 Å². The van der Waals surface area contributed by atoms with Crippen LogP contribution in [0.25, 0.3) is 5.65 Å².